The normalized spacial score (nSPS) is 17.3. The highest BCUT2D eigenvalue weighted by Gasteiger charge is 2.48. The van der Waals surface area contributed by atoms with Crippen LogP contribution in [0.1, 0.15) is 28.0 Å². The van der Waals surface area contributed by atoms with Crippen molar-refractivity contribution in [2.45, 2.75) is 31.0 Å². The van der Waals surface area contributed by atoms with Crippen molar-refractivity contribution >= 4 is 29.5 Å². The zero-order valence-corrected chi connectivity index (χ0v) is 21.2. The topological polar surface area (TPSA) is 155 Å². The molecule has 1 fully saturated rings. The number of rotatable bonds is 3. The van der Waals surface area contributed by atoms with E-state index in [2.05, 4.69) is 15.3 Å². The summed E-state index contributed by atoms with van der Waals surface area (Å²) in [5.41, 5.74) is 2.81. The lowest BCUT2D eigenvalue weighted by Crippen LogP contribution is -2.35. The van der Waals surface area contributed by atoms with Crippen LogP contribution in [0.5, 0.6) is 0 Å². The second-order valence-electron chi connectivity index (χ2n) is 8.67. The lowest BCUT2D eigenvalue weighted by Gasteiger charge is -2.24. The number of carbonyl (C=O) groups is 3. The maximum atomic E-state index is 12.8. The number of fused-ring (bicyclic) bond motifs is 2. The van der Waals surface area contributed by atoms with E-state index in [1.165, 1.54) is 0 Å². The Morgan fingerprint density at radius 3 is 2.10 bits per heavy atom. The Bertz CT molecular complexity index is 1380. The van der Waals surface area contributed by atoms with Crippen LogP contribution in [0.25, 0.3) is 0 Å². The highest BCUT2D eigenvalue weighted by atomic mass is 19.4. The van der Waals surface area contributed by atoms with Crippen LogP contribution in [0.2, 0.25) is 0 Å². The highest BCUT2D eigenvalue weighted by Crippen LogP contribution is 2.42. The molecule has 1 unspecified atom stereocenters. The third-order valence-electron chi connectivity index (χ3n) is 5.74. The fourth-order valence-corrected chi connectivity index (χ4v) is 3.84. The number of aromatic nitrogens is 3. The predicted molar refractivity (Wildman–Crippen MR) is 130 cm³/mol. The van der Waals surface area contributed by atoms with E-state index < -0.39 is 29.9 Å². The van der Waals surface area contributed by atoms with Gasteiger partial charge in [-0.25, -0.2) is 19.6 Å². The third-order valence-corrected chi connectivity index (χ3v) is 5.74. The molecule has 1 atom stereocenters. The molecule has 0 bridgehead atoms. The molecule has 5 rings (SSSR count). The van der Waals surface area contributed by atoms with Crippen molar-refractivity contribution in [2.24, 2.45) is 0 Å². The van der Waals surface area contributed by atoms with E-state index >= 15 is 0 Å². The number of nitrogens with zero attached hydrogens (tertiary/aromatic N) is 4. The number of likely N-dealkylation sites (tertiary alicyclic amines) is 1. The summed E-state index contributed by atoms with van der Waals surface area (Å²) in [5, 5.41) is 17.5. The maximum Gasteiger partial charge on any atom is 0.490 e. The van der Waals surface area contributed by atoms with E-state index in [0.717, 1.165) is 16.9 Å². The molecule has 224 valence electrons. The summed E-state index contributed by atoms with van der Waals surface area (Å²) >= 11 is 0. The Kier molecular flexibility index (Phi) is 9.67. The fraction of sp³-hybridized carbons (Fsp3) is 0.280. The third kappa shape index (κ3) is 8.12. The minimum absolute atomic E-state index is 0.0290. The van der Waals surface area contributed by atoms with E-state index in [9.17, 15) is 31.1 Å². The summed E-state index contributed by atoms with van der Waals surface area (Å²) in [6.45, 7) is 1.57. The smallest absolute Gasteiger partial charge is 0.475 e. The summed E-state index contributed by atoms with van der Waals surface area (Å²) in [5.74, 6) is -5.01. The Hall–Kier alpha value is -4.80. The van der Waals surface area contributed by atoms with Crippen LogP contribution in [0.3, 0.4) is 0 Å². The first-order valence-corrected chi connectivity index (χ1v) is 11.7. The molecule has 2 aromatic heterocycles. The maximum absolute atomic E-state index is 12.8. The largest absolute Gasteiger partial charge is 0.490 e. The molecular formula is C25H21F6N5O6. The molecule has 4 heterocycles. The minimum Gasteiger partial charge on any atom is -0.475 e. The van der Waals surface area contributed by atoms with Gasteiger partial charge in [0.15, 0.2) is 0 Å². The standard InChI is InChI=1S/C21H19N5O2.2C2HF3O2/c27-19(15-5-4-9-22-11-15)26-10-8-21(14-26)18-16(13-28-21)12-23-20(25-18)24-17-6-2-1-3-7-17;2*3-2(4,5)1(6)7/h1-7,9,11-12H,8,10,13-14H2,(H,23,24,25);2*(H,6,7). The minimum atomic E-state index is -5.08. The number of carbonyl (C=O) groups excluding carboxylic acids is 1. The molecule has 3 N–H and O–H groups in total. The number of carboxylic acid groups (broad SMARTS) is 2. The summed E-state index contributed by atoms with van der Waals surface area (Å²) in [6, 6.07) is 13.4. The molecule has 17 heteroatoms. The molecule has 0 radical (unpaired) electrons. The Morgan fingerprint density at radius 1 is 0.929 bits per heavy atom. The number of benzene rings is 1. The van der Waals surface area contributed by atoms with E-state index in [0.29, 0.717) is 37.6 Å². The Balaban J connectivity index is 0.000000289. The Labute approximate surface area is 232 Å². The van der Waals surface area contributed by atoms with Gasteiger partial charge in [-0.15, -0.1) is 0 Å². The van der Waals surface area contributed by atoms with Gasteiger partial charge in [-0.2, -0.15) is 26.3 Å². The number of alkyl halides is 6. The number of para-hydroxylation sites is 1. The lowest BCUT2D eigenvalue weighted by atomic mass is 9.98. The molecular weight excluding hydrogens is 580 g/mol. The number of nitrogens with one attached hydrogen (secondary N) is 1. The molecule has 0 saturated carbocycles. The van der Waals surface area contributed by atoms with Crippen molar-refractivity contribution in [1.82, 2.24) is 19.9 Å². The number of halogens is 6. The lowest BCUT2D eigenvalue weighted by molar-refractivity contribution is -0.193. The first-order chi connectivity index (χ1) is 19.6. The van der Waals surface area contributed by atoms with Gasteiger partial charge in [0, 0.05) is 42.8 Å². The molecule has 1 aromatic carbocycles. The molecule has 42 heavy (non-hydrogen) atoms. The molecule has 3 aromatic rings. The van der Waals surface area contributed by atoms with Crippen molar-refractivity contribution < 1.29 is 55.7 Å². The van der Waals surface area contributed by atoms with Gasteiger partial charge in [0.05, 0.1) is 24.4 Å². The number of pyridine rings is 1. The van der Waals surface area contributed by atoms with Gasteiger partial charge in [0.1, 0.15) is 5.60 Å². The first kappa shape index (κ1) is 31.7. The summed E-state index contributed by atoms with van der Waals surface area (Å²) in [6.07, 6.45) is -4.38. The highest BCUT2D eigenvalue weighted by molar-refractivity contribution is 5.94. The van der Waals surface area contributed by atoms with Gasteiger partial charge in [0.25, 0.3) is 5.91 Å². The van der Waals surface area contributed by atoms with E-state index in [1.807, 2.05) is 41.4 Å². The SMILES string of the molecule is O=C(O)C(F)(F)F.O=C(O)C(F)(F)F.O=C(c1cccnc1)N1CCC2(C1)OCc1cnc(Nc3ccccc3)nc12. The first-order valence-electron chi connectivity index (χ1n) is 11.7. The van der Waals surface area contributed by atoms with Crippen LogP contribution in [-0.2, 0) is 26.5 Å². The van der Waals surface area contributed by atoms with Gasteiger partial charge in [-0.05, 0) is 24.3 Å². The van der Waals surface area contributed by atoms with Crippen LogP contribution in [0.4, 0.5) is 38.0 Å². The summed E-state index contributed by atoms with van der Waals surface area (Å²) in [7, 11) is 0. The second-order valence-corrected chi connectivity index (χ2v) is 8.67. The van der Waals surface area contributed by atoms with Crippen LogP contribution in [-0.4, -0.2) is 73.4 Å². The molecule has 1 amide bonds. The second kappa shape index (κ2) is 12.8. The molecule has 11 nitrogen and oxygen atoms in total. The number of ether oxygens (including phenoxy) is 1. The van der Waals surface area contributed by atoms with Gasteiger partial charge in [-0.1, -0.05) is 18.2 Å². The van der Waals surface area contributed by atoms with Gasteiger partial charge in [0.2, 0.25) is 5.95 Å². The Morgan fingerprint density at radius 2 is 1.55 bits per heavy atom. The van der Waals surface area contributed by atoms with Crippen molar-refractivity contribution in [3.63, 3.8) is 0 Å². The predicted octanol–water partition coefficient (Wildman–Crippen LogP) is 4.15. The number of anilines is 2. The van der Waals surface area contributed by atoms with Gasteiger partial charge < -0.3 is 25.2 Å². The van der Waals surface area contributed by atoms with Crippen LogP contribution in [0.15, 0.2) is 61.1 Å². The number of hydrogen-bond acceptors (Lipinski definition) is 8. The van der Waals surface area contributed by atoms with Crippen molar-refractivity contribution in [3.05, 3.63) is 77.9 Å². The number of aliphatic carboxylic acids is 2. The molecule has 2 aliphatic heterocycles. The monoisotopic (exact) mass is 601 g/mol. The molecule has 1 spiro atoms. The van der Waals surface area contributed by atoms with E-state index in [-0.39, 0.29) is 5.91 Å². The zero-order chi connectivity index (χ0) is 31.1. The number of amides is 1. The van der Waals surface area contributed by atoms with E-state index in [4.69, 9.17) is 29.5 Å². The van der Waals surface area contributed by atoms with Crippen LogP contribution < -0.4 is 5.32 Å². The summed E-state index contributed by atoms with van der Waals surface area (Å²) in [4.78, 5) is 45.6. The van der Waals surface area contributed by atoms with Gasteiger partial charge >= 0.3 is 24.3 Å². The average Bonchev–Trinajstić information content (AvgIpc) is 3.53. The van der Waals surface area contributed by atoms with Crippen molar-refractivity contribution in [3.8, 4) is 0 Å². The van der Waals surface area contributed by atoms with Crippen molar-refractivity contribution in [1.29, 1.82) is 0 Å². The average molecular weight is 601 g/mol. The number of carboxylic acids is 2. The van der Waals surface area contributed by atoms with Crippen molar-refractivity contribution in [2.75, 3.05) is 18.4 Å². The quantitative estimate of drug-likeness (QED) is 0.373. The number of hydrogen-bond donors (Lipinski definition) is 3. The molecule has 1 saturated heterocycles. The van der Waals surface area contributed by atoms with E-state index in [1.54, 1.807) is 24.5 Å². The van der Waals surface area contributed by atoms with Crippen LogP contribution >= 0.6 is 0 Å². The zero-order valence-electron chi connectivity index (χ0n) is 21.2. The summed E-state index contributed by atoms with van der Waals surface area (Å²) < 4.78 is 69.6. The molecule has 2 aliphatic rings. The van der Waals surface area contributed by atoms with Gasteiger partial charge in [-0.3, -0.25) is 9.78 Å². The fourth-order valence-electron chi connectivity index (χ4n) is 3.84. The van der Waals surface area contributed by atoms with Crippen LogP contribution in [0, 0.1) is 0 Å². The molecule has 0 aliphatic carbocycles.